The van der Waals surface area contributed by atoms with Crippen molar-refractivity contribution >= 4 is 36.1 Å². The third kappa shape index (κ3) is 5.75. The van der Waals surface area contributed by atoms with Crippen LogP contribution in [0.2, 0.25) is 0 Å². The molecule has 1 N–H and O–H groups in total. The Kier molecular flexibility index (Phi) is 7.72. The largest absolute Gasteiger partial charge is 0.494 e. The Morgan fingerprint density at radius 2 is 1.73 bits per heavy atom. The predicted octanol–water partition coefficient (Wildman–Crippen LogP) is 1.89. The van der Waals surface area contributed by atoms with E-state index in [1.54, 1.807) is 36.1 Å². The number of Topliss-reactive ketones (excluding diaryl/α,β-unsaturated/α-hetero) is 1. The quantitative estimate of drug-likeness (QED) is 0.185. The molecule has 4 heterocycles. The number of fused-ring (bicyclic) bond motifs is 1. The first-order valence-electron chi connectivity index (χ1n) is 12.6. The first-order chi connectivity index (χ1) is 19.6. The molecule has 0 bridgehead atoms. The molecule has 0 spiro atoms. The first kappa shape index (κ1) is 28.1. The highest BCUT2D eigenvalue weighted by atomic mass is 31.2. The van der Waals surface area contributed by atoms with Crippen LogP contribution in [0.3, 0.4) is 0 Å². The molecule has 1 aromatic carbocycles. The molecule has 0 saturated carbocycles. The van der Waals surface area contributed by atoms with Gasteiger partial charge in [-0.3, -0.25) is 23.5 Å². The summed E-state index contributed by atoms with van der Waals surface area (Å²) in [6, 6.07) is 8.86. The lowest BCUT2D eigenvalue weighted by Gasteiger charge is -2.34. The van der Waals surface area contributed by atoms with Crippen molar-refractivity contribution in [1.82, 2.24) is 34.1 Å². The van der Waals surface area contributed by atoms with Gasteiger partial charge in [-0.2, -0.15) is 5.10 Å². The van der Waals surface area contributed by atoms with Gasteiger partial charge < -0.3 is 24.0 Å². The summed E-state index contributed by atoms with van der Waals surface area (Å²) < 4.78 is 25.4. The van der Waals surface area contributed by atoms with Gasteiger partial charge >= 0.3 is 7.60 Å². The molecule has 1 fully saturated rings. The molecule has 1 saturated heterocycles. The second kappa shape index (κ2) is 11.2. The van der Waals surface area contributed by atoms with Crippen LogP contribution in [0.25, 0.3) is 16.7 Å². The van der Waals surface area contributed by atoms with Gasteiger partial charge in [0, 0.05) is 44.6 Å². The number of hydrogen-bond donors (Lipinski definition) is 1. The molecular weight excluding hydrogens is 553 g/mol. The molecular formula is C26H28N7O7P. The minimum absolute atomic E-state index is 0.00222. The van der Waals surface area contributed by atoms with Gasteiger partial charge in [0.2, 0.25) is 0 Å². The summed E-state index contributed by atoms with van der Waals surface area (Å²) >= 11 is 0. The number of aryl methyl sites for hydroxylation is 1. The van der Waals surface area contributed by atoms with E-state index in [2.05, 4.69) is 15.1 Å². The van der Waals surface area contributed by atoms with Crippen molar-refractivity contribution in [3.8, 4) is 11.6 Å². The standard InChI is InChI=1S/C26H28N7O7P/c1-17-28-15-33(29-17)24-22-21(20(39-2)13-27-24)19(14-32(22)16-40-41(3,37)38)23(34)26(36)31-11-9-30(10-12-31)25(35)18-7-5-4-6-8-18/h4-8,13-15H,9-12,16H2,1-3H3,(H,37,38). The van der Waals surface area contributed by atoms with Gasteiger partial charge in [0.05, 0.1) is 24.3 Å². The Balaban J connectivity index is 1.47. The van der Waals surface area contributed by atoms with Gasteiger partial charge in [-0.15, -0.1) is 0 Å². The number of hydrogen-bond acceptors (Lipinski definition) is 9. The molecule has 2 amide bonds. The smallest absolute Gasteiger partial charge is 0.326 e. The van der Waals surface area contributed by atoms with Gasteiger partial charge in [0.15, 0.2) is 5.82 Å². The maximum atomic E-state index is 13.7. The Hall–Kier alpha value is -4.39. The summed E-state index contributed by atoms with van der Waals surface area (Å²) in [6.45, 7) is 3.21. The predicted molar refractivity (Wildman–Crippen MR) is 146 cm³/mol. The van der Waals surface area contributed by atoms with Gasteiger partial charge in [-0.25, -0.2) is 14.6 Å². The van der Waals surface area contributed by atoms with E-state index in [-0.39, 0.29) is 60.1 Å². The van der Waals surface area contributed by atoms with Crippen LogP contribution in [0.4, 0.5) is 0 Å². The molecule has 1 atom stereocenters. The molecule has 0 aliphatic carbocycles. The molecule has 41 heavy (non-hydrogen) atoms. The molecule has 15 heteroatoms. The van der Waals surface area contributed by atoms with Crippen molar-refractivity contribution < 1.29 is 33.1 Å². The molecule has 1 aliphatic rings. The number of amides is 2. The summed E-state index contributed by atoms with van der Waals surface area (Å²) in [6.07, 6.45) is 4.19. The Bertz CT molecular complexity index is 1670. The average Bonchev–Trinajstić information content (AvgIpc) is 3.58. The topological polar surface area (TPSA) is 162 Å². The van der Waals surface area contributed by atoms with E-state index in [1.807, 2.05) is 6.07 Å². The Labute approximate surface area is 234 Å². The van der Waals surface area contributed by atoms with Crippen molar-refractivity contribution in [1.29, 1.82) is 0 Å². The maximum absolute atomic E-state index is 13.7. The van der Waals surface area contributed by atoms with Crippen LogP contribution in [0.1, 0.15) is 26.5 Å². The van der Waals surface area contributed by atoms with Crippen molar-refractivity contribution in [3.63, 3.8) is 0 Å². The highest BCUT2D eigenvalue weighted by Gasteiger charge is 2.32. The number of piperazine rings is 1. The summed E-state index contributed by atoms with van der Waals surface area (Å²) in [5.41, 5.74) is 0.840. The second-order valence-corrected chi connectivity index (χ2v) is 11.3. The number of nitrogens with zero attached hydrogens (tertiary/aromatic N) is 7. The number of carbonyl (C=O) groups is 3. The summed E-state index contributed by atoms with van der Waals surface area (Å²) in [7, 11) is -2.50. The third-order valence-corrected chi connectivity index (χ3v) is 7.23. The lowest BCUT2D eigenvalue weighted by molar-refractivity contribution is -0.127. The number of rotatable bonds is 8. The van der Waals surface area contributed by atoms with E-state index in [1.165, 1.54) is 40.0 Å². The summed E-state index contributed by atoms with van der Waals surface area (Å²) in [5, 5.41) is 4.55. The highest BCUT2D eigenvalue weighted by Crippen LogP contribution is 2.39. The lowest BCUT2D eigenvalue weighted by atomic mass is 10.1. The van der Waals surface area contributed by atoms with E-state index >= 15 is 0 Å². The van der Waals surface area contributed by atoms with Gasteiger partial charge in [0.1, 0.15) is 30.1 Å². The van der Waals surface area contributed by atoms with Crippen molar-refractivity contribution in [3.05, 3.63) is 66.0 Å². The van der Waals surface area contributed by atoms with Crippen LogP contribution in [0.15, 0.2) is 49.1 Å². The van der Waals surface area contributed by atoms with E-state index in [9.17, 15) is 23.8 Å². The summed E-state index contributed by atoms with van der Waals surface area (Å²) in [4.78, 5) is 61.3. The lowest BCUT2D eigenvalue weighted by Crippen LogP contribution is -2.52. The normalized spacial score (nSPS) is 15.1. The van der Waals surface area contributed by atoms with Crippen LogP contribution in [0.5, 0.6) is 5.75 Å². The zero-order chi connectivity index (χ0) is 29.3. The molecule has 1 aliphatic heterocycles. The van der Waals surface area contributed by atoms with Crippen LogP contribution >= 0.6 is 7.60 Å². The van der Waals surface area contributed by atoms with Crippen LogP contribution in [0, 0.1) is 6.92 Å². The summed E-state index contributed by atoms with van der Waals surface area (Å²) in [5.74, 6) is -0.791. The van der Waals surface area contributed by atoms with Crippen molar-refractivity contribution in [2.45, 2.75) is 13.7 Å². The number of pyridine rings is 1. The van der Waals surface area contributed by atoms with Crippen LogP contribution in [-0.4, -0.2) is 96.6 Å². The molecule has 0 radical (unpaired) electrons. The van der Waals surface area contributed by atoms with E-state index in [4.69, 9.17) is 9.26 Å². The number of ether oxygens (including phenoxy) is 1. The zero-order valence-corrected chi connectivity index (χ0v) is 23.5. The fourth-order valence-electron chi connectivity index (χ4n) is 4.64. The van der Waals surface area contributed by atoms with E-state index < -0.39 is 26.0 Å². The second-order valence-electron chi connectivity index (χ2n) is 9.46. The minimum atomic E-state index is -3.90. The first-order valence-corrected chi connectivity index (χ1v) is 14.7. The van der Waals surface area contributed by atoms with Crippen LogP contribution in [-0.2, 0) is 20.6 Å². The Morgan fingerprint density at radius 1 is 1.05 bits per heavy atom. The van der Waals surface area contributed by atoms with Gasteiger partial charge in [-0.1, -0.05) is 18.2 Å². The fraction of sp³-hybridized carbons (Fsp3) is 0.308. The average molecular weight is 582 g/mol. The number of methoxy groups -OCH3 is 1. The van der Waals surface area contributed by atoms with Gasteiger partial charge in [-0.05, 0) is 19.1 Å². The number of benzene rings is 1. The van der Waals surface area contributed by atoms with E-state index in [0.29, 0.717) is 11.4 Å². The van der Waals surface area contributed by atoms with Crippen LogP contribution < -0.4 is 4.74 Å². The highest BCUT2D eigenvalue weighted by molar-refractivity contribution is 7.51. The molecule has 4 aromatic rings. The number of carbonyl (C=O) groups excluding carboxylic acids is 3. The third-order valence-electron chi connectivity index (χ3n) is 6.63. The van der Waals surface area contributed by atoms with Crippen molar-refractivity contribution in [2.75, 3.05) is 40.0 Å². The molecule has 14 nitrogen and oxygen atoms in total. The molecule has 3 aromatic heterocycles. The number of aromatic nitrogens is 5. The van der Waals surface area contributed by atoms with E-state index in [0.717, 1.165) is 6.66 Å². The van der Waals surface area contributed by atoms with Gasteiger partial charge in [0.25, 0.3) is 17.6 Å². The SMILES string of the molecule is COc1cnc(-n2cnc(C)n2)c2c1c(C(=O)C(=O)N1CCN(C(=O)c3ccccc3)CC1)cn2COP(C)(=O)O. The Morgan fingerprint density at radius 3 is 2.34 bits per heavy atom. The van der Waals surface area contributed by atoms with Crippen molar-refractivity contribution in [2.24, 2.45) is 0 Å². The monoisotopic (exact) mass is 581 g/mol. The fourth-order valence-corrected chi connectivity index (χ4v) is 4.98. The minimum Gasteiger partial charge on any atom is -0.494 e. The maximum Gasteiger partial charge on any atom is 0.326 e. The molecule has 214 valence electrons. The zero-order valence-electron chi connectivity index (χ0n) is 22.6. The molecule has 1 unspecified atom stereocenters. The molecule has 5 rings (SSSR count). The number of ketones is 1.